The molecule has 1 aromatic heterocycles. The maximum absolute atomic E-state index is 13.3. The van der Waals surface area contributed by atoms with E-state index in [1.807, 2.05) is 0 Å². The van der Waals surface area contributed by atoms with E-state index in [2.05, 4.69) is 20.9 Å². The smallest absolute Gasteiger partial charge is 0.170 e. The molecule has 18 heavy (non-hydrogen) atoms. The second-order valence-corrected chi connectivity index (χ2v) is 4.94. The number of Topliss-reactive ketones (excluding diaryl/α,β-unsaturated/α-hetero) is 1. The molecule has 1 heterocycles. The molecule has 0 fully saturated rings. The third kappa shape index (κ3) is 2.82. The number of nitrogens with zero attached hydrogens (tertiary/aromatic N) is 1. The second kappa shape index (κ2) is 5.40. The maximum Gasteiger partial charge on any atom is 0.170 e. The number of carbonyl (C=O) groups excluding carboxylic acids is 1. The highest BCUT2D eigenvalue weighted by Gasteiger charge is 2.18. The Balaban J connectivity index is 2.31. The quantitative estimate of drug-likeness (QED) is 0.803. The number of hydrogen-bond donors (Lipinski definition) is 0. The number of pyridine rings is 1. The molecule has 0 aliphatic carbocycles. The minimum atomic E-state index is -0.422. The molecule has 0 saturated heterocycles. The molecule has 0 aliphatic rings. The van der Waals surface area contributed by atoms with Gasteiger partial charge >= 0.3 is 0 Å². The third-order valence-corrected chi connectivity index (χ3v) is 3.20. The fourth-order valence-electron chi connectivity index (χ4n) is 1.75. The highest BCUT2D eigenvalue weighted by molar-refractivity contribution is 9.10. The van der Waals surface area contributed by atoms with Gasteiger partial charge < -0.3 is 0 Å². The summed E-state index contributed by atoms with van der Waals surface area (Å²) in [5.74, 6) is -0.849. The zero-order valence-corrected chi connectivity index (χ0v) is 11.3. The molecule has 0 bridgehead atoms. The first-order chi connectivity index (χ1) is 8.58. The first-order valence-electron chi connectivity index (χ1n) is 5.48. The Morgan fingerprint density at radius 3 is 2.56 bits per heavy atom. The summed E-state index contributed by atoms with van der Waals surface area (Å²) in [5.41, 5.74) is 1.24. The van der Waals surface area contributed by atoms with Gasteiger partial charge in [0.05, 0.1) is 0 Å². The van der Waals surface area contributed by atoms with Gasteiger partial charge in [-0.1, -0.05) is 22.9 Å². The number of aromatic nitrogens is 1. The summed E-state index contributed by atoms with van der Waals surface area (Å²) in [7, 11) is 0. The average molecular weight is 308 g/mol. The molecular formula is C14H11BrFNO. The van der Waals surface area contributed by atoms with Gasteiger partial charge in [0.15, 0.2) is 5.78 Å². The summed E-state index contributed by atoms with van der Waals surface area (Å²) in [5, 5.41) is 0. The third-order valence-electron chi connectivity index (χ3n) is 2.75. The molecule has 1 aromatic carbocycles. The van der Waals surface area contributed by atoms with Gasteiger partial charge in [-0.15, -0.1) is 0 Å². The van der Waals surface area contributed by atoms with Crippen molar-refractivity contribution in [2.24, 2.45) is 0 Å². The van der Waals surface area contributed by atoms with Crippen molar-refractivity contribution < 1.29 is 9.18 Å². The van der Waals surface area contributed by atoms with Crippen LogP contribution in [0.1, 0.15) is 28.8 Å². The van der Waals surface area contributed by atoms with Gasteiger partial charge in [0.1, 0.15) is 5.82 Å². The number of rotatable bonds is 3. The Labute approximate surface area is 113 Å². The van der Waals surface area contributed by atoms with Crippen LogP contribution in [0.25, 0.3) is 0 Å². The van der Waals surface area contributed by atoms with Crippen molar-refractivity contribution in [3.05, 3.63) is 64.1 Å². The molecule has 0 radical (unpaired) electrons. The average Bonchev–Trinajstić information content (AvgIpc) is 2.37. The van der Waals surface area contributed by atoms with Crippen molar-refractivity contribution in [1.29, 1.82) is 0 Å². The number of halogens is 2. The van der Waals surface area contributed by atoms with Crippen LogP contribution in [0.5, 0.6) is 0 Å². The molecule has 2 aromatic rings. The van der Waals surface area contributed by atoms with E-state index in [1.54, 1.807) is 37.5 Å². The van der Waals surface area contributed by atoms with Gasteiger partial charge in [0, 0.05) is 28.3 Å². The van der Waals surface area contributed by atoms with E-state index in [0.717, 1.165) is 5.56 Å². The Bertz CT molecular complexity index is 551. The van der Waals surface area contributed by atoms with E-state index >= 15 is 0 Å². The van der Waals surface area contributed by atoms with E-state index in [4.69, 9.17) is 0 Å². The number of hydrogen-bond acceptors (Lipinski definition) is 2. The van der Waals surface area contributed by atoms with Gasteiger partial charge in [-0.25, -0.2) is 4.39 Å². The molecule has 0 saturated carbocycles. The molecule has 0 aliphatic heterocycles. The number of ketones is 1. The van der Waals surface area contributed by atoms with Crippen LogP contribution in [-0.2, 0) is 0 Å². The maximum atomic E-state index is 13.3. The van der Waals surface area contributed by atoms with Crippen molar-refractivity contribution in [3.8, 4) is 0 Å². The summed E-state index contributed by atoms with van der Waals surface area (Å²) in [6, 6.07) is 7.79. The Hall–Kier alpha value is -1.55. The number of benzene rings is 1. The fraction of sp³-hybridized carbons (Fsp3) is 0.143. The Kier molecular flexibility index (Phi) is 3.87. The van der Waals surface area contributed by atoms with Crippen LogP contribution in [0.3, 0.4) is 0 Å². The van der Waals surface area contributed by atoms with Crippen molar-refractivity contribution >= 4 is 21.7 Å². The van der Waals surface area contributed by atoms with Gasteiger partial charge in [-0.3, -0.25) is 9.78 Å². The molecule has 92 valence electrons. The second-order valence-electron chi connectivity index (χ2n) is 4.02. The minimum absolute atomic E-state index is 0.110. The molecule has 2 nitrogen and oxygen atoms in total. The Morgan fingerprint density at radius 1 is 1.28 bits per heavy atom. The monoisotopic (exact) mass is 307 g/mol. The molecule has 0 spiro atoms. The lowest BCUT2D eigenvalue weighted by Gasteiger charge is -2.11. The first kappa shape index (κ1) is 12.9. The standard InChI is InChI=1S/C14H11BrFNO/c1-9(10-2-4-17-5-3-10)14(18)11-6-12(15)8-13(16)7-11/h2-9H,1H3. The fourth-order valence-corrected chi connectivity index (χ4v) is 2.21. The van der Waals surface area contributed by atoms with Crippen LogP contribution in [0.4, 0.5) is 4.39 Å². The lowest BCUT2D eigenvalue weighted by Crippen LogP contribution is -2.10. The van der Waals surface area contributed by atoms with Crippen LogP contribution in [0, 0.1) is 5.82 Å². The topological polar surface area (TPSA) is 30.0 Å². The predicted octanol–water partition coefficient (Wildman–Crippen LogP) is 3.97. The molecule has 4 heteroatoms. The van der Waals surface area contributed by atoms with E-state index in [1.165, 1.54) is 12.1 Å². The summed E-state index contributed by atoms with van der Waals surface area (Å²) in [6.07, 6.45) is 3.28. The van der Waals surface area contributed by atoms with Crippen LogP contribution in [0.2, 0.25) is 0 Å². The number of carbonyl (C=O) groups is 1. The highest BCUT2D eigenvalue weighted by atomic mass is 79.9. The largest absolute Gasteiger partial charge is 0.294 e. The van der Waals surface area contributed by atoms with Crippen LogP contribution < -0.4 is 0 Å². The van der Waals surface area contributed by atoms with Crippen LogP contribution >= 0.6 is 15.9 Å². The molecule has 0 N–H and O–H groups in total. The molecule has 1 unspecified atom stereocenters. The van der Waals surface area contributed by atoms with Crippen molar-refractivity contribution in [3.63, 3.8) is 0 Å². The van der Waals surface area contributed by atoms with E-state index in [9.17, 15) is 9.18 Å². The van der Waals surface area contributed by atoms with Gasteiger partial charge in [-0.05, 0) is 35.9 Å². The minimum Gasteiger partial charge on any atom is -0.294 e. The molecule has 2 rings (SSSR count). The summed E-state index contributed by atoms with van der Waals surface area (Å²) < 4.78 is 13.8. The highest BCUT2D eigenvalue weighted by Crippen LogP contribution is 2.22. The van der Waals surface area contributed by atoms with Crippen LogP contribution in [-0.4, -0.2) is 10.8 Å². The zero-order valence-electron chi connectivity index (χ0n) is 9.73. The van der Waals surface area contributed by atoms with E-state index in [-0.39, 0.29) is 11.7 Å². The lowest BCUT2D eigenvalue weighted by atomic mass is 9.93. The SMILES string of the molecule is CC(C(=O)c1cc(F)cc(Br)c1)c1ccncc1. The van der Waals surface area contributed by atoms with Crippen molar-refractivity contribution in [2.45, 2.75) is 12.8 Å². The first-order valence-corrected chi connectivity index (χ1v) is 6.27. The van der Waals surface area contributed by atoms with Crippen molar-refractivity contribution in [1.82, 2.24) is 4.98 Å². The predicted molar refractivity (Wildman–Crippen MR) is 71.1 cm³/mol. The molecule has 0 amide bonds. The molecular weight excluding hydrogens is 297 g/mol. The Morgan fingerprint density at radius 2 is 1.94 bits per heavy atom. The zero-order chi connectivity index (χ0) is 13.1. The normalized spacial score (nSPS) is 12.2. The summed E-state index contributed by atoms with van der Waals surface area (Å²) in [6.45, 7) is 1.80. The van der Waals surface area contributed by atoms with Gasteiger partial charge in [-0.2, -0.15) is 0 Å². The lowest BCUT2D eigenvalue weighted by molar-refractivity contribution is 0.0965. The van der Waals surface area contributed by atoms with E-state index in [0.29, 0.717) is 10.0 Å². The summed E-state index contributed by atoms with van der Waals surface area (Å²) in [4.78, 5) is 16.2. The van der Waals surface area contributed by atoms with Gasteiger partial charge in [0.2, 0.25) is 0 Å². The van der Waals surface area contributed by atoms with Crippen molar-refractivity contribution in [2.75, 3.05) is 0 Å². The van der Waals surface area contributed by atoms with Gasteiger partial charge in [0.25, 0.3) is 0 Å². The summed E-state index contributed by atoms with van der Waals surface area (Å²) >= 11 is 3.18. The van der Waals surface area contributed by atoms with E-state index < -0.39 is 5.82 Å². The molecule has 1 atom stereocenters. The van der Waals surface area contributed by atoms with Crippen LogP contribution in [0.15, 0.2) is 47.2 Å².